The molecule has 0 aliphatic rings. The molecule has 0 bridgehead atoms. The van der Waals surface area contributed by atoms with Crippen LogP contribution in [0.4, 0.5) is 0 Å². The summed E-state index contributed by atoms with van der Waals surface area (Å²) in [6.07, 6.45) is 0. The van der Waals surface area contributed by atoms with Crippen molar-refractivity contribution >= 4 is 5.91 Å². The van der Waals surface area contributed by atoms with Gasteiger partial charge in [-0.15, -0.1) is 0 Å². The van der Waals surface area contributed by atoms with Crippen LogP contribution in [0.2, 0.25) is 0 Å². The molecule has 0 unspecified atom stereocenters. The highest BCUT2D eigenvalue weighted by molar-refractivity contribution is 5.94. The van der Waals surface area contributed by atoms with Crippen LogP contribution in [-0.4, -0.2) is 17.9 Å². The van der Waals surface area contributed by atoms with E-state index in [4.69, 9.17) is 0 Å². The molecule has 138 valence electrons. The average Bonchev–Trinajstić information content (AvgIpc) is 2.68. The summed E-state index contributed by atoms with van der Waals surface area (Å²) < 4.78 is 0. The Morgan fingerprint density at radius 3 is 1.59 bits per heavy atom. The molecule has 0 radical (unpaired) electrons. The number of hydrogen-bond acceptors (Lipinski definition) is 1. The summed E-state index contributed by atoms with van der Waals surface area (Å²) in [5.41, 5.74) is 4.22. The lowest BCUT2D eigenvalue weighted by Gasteiger charge is -2.29. The van der Waals surface area contributed by atoms with Crippen molar-refractivity contribution in [1.29, 1.82) is 0 Å². The minimum absolute atomic E-state index is 0.0214. The van der Waals surface area contributed by atoms with Gasteiger partial charge in [-0.3, -0.25) is 4.79 Å². The molecule has 2 heteroatoms. The van der Waals surface area contributed by atoms with Crippen LogP contribution in [0, 0.1) is 0 Å². The Bertz CT molecular complexity index is 838. The van der Waals surface area contributed by atoms with E-state index in [2.05, 4.69) is 57.2 Å². The van der Waals surface area contributed by atoms with E-state index in [1.807, 2.05) is 60.5 Å². The van der Waals surface area contributed by atoms with Crippen molar-refractivity contribution in [2.75, 3.05) is 7.05 Å². The number of hydrogen-bond donors (Lipinski definition) is 0. The largest absolute Gasteiger partial charge is 0.331 e. The second-order valence-electron chi connectivity index (χ2n) is 7.97. The van der Waals surface area contributed by atoms with E-state index in [1.54, 1.807) is 0 Å². The van der Waals surface area contributed by atoms with Crippen molar-refractivity contribution in [3.8, 4) is 0 Å². The highest BCUT2D eigenvalue weighted by Crippen LogP contribution is 2.29. The molecule has 0 spiro atoms. The summed E-state index contributed by atoms with van der Waals surface area (Å²) in [6.45, 7) is 6.53. The molecule has 27 heavy (non-hydrogen) atoms. The molecule has 0 saturated heterocycles. The first-order valence-electron chi connectivity index (χ1n) is 9.35. The van der Waals surface area contributed by atoms with Crippen LogP contribution in [0.3, 0.4) is 0 Å². The van der Waals surface area contributed by atoms with E-state index in [9.17, 15) is 4.79 Å². The van der Waals surface area contributed by atoms with E-state index in [0.29, 0.717) is 5.56 Å². The first-order valence-corrected chi connectivity index (χ1v) is 9.35. The fraction of sp³-hybridized carbons (Fsp3) is 0.240. The number of amides is 1. The smallest absolute Gasteiger partial charge is 0.254 e. The van der Waals surface area contributed by atoms with E-state index in [0.717, 1.165) is 11.1 Å². The molecule has 3 rings (SSSR count). The summed E-state index contributed by atoms with van der Waals surface area (Å²) in [5.74, 6) is 0.0214. The van der Waals surface area contributed by atoms with Crippen LogP contribution in [0.5, 0.6) is 0 Å². The van der Waals surface area contributed by atoms with E-state index >= 15 is 0 Å². The van der Waals surface area contributed by atoms with Gasteiger partial charge in [0.25, 0.3) is 5.91 Å². The summed E-state index contributed by atoms with van der Waals surface area (Å²) in [7, 11) is 1.88. The monoisotopic (exact) mass is 357 g/mol. The summed E-state index contributed by atoms with van der Waals surface area (Å²) in [4.78, 5) is 15.0. The Morgan fingerprint density at radius 2 is 1.19 bits per heavy atom. The van der Waals surface area contributed by atoms with Gasteiger partial charge in [0, 0.05) is 12.6 Å². The van der Waals surface area contributed by atoms with Gasteiger partial charge in [0.15, 0.2) is 0 Å². The predicted molar refractivity (Wildman–Crippen MR) is 112 cm³/mol. The van der Waals surface area contributed by atoms with Crippen molar-refractivity contribution in [2.24, 2.45) is 0 Å². The van der Waals surface area contributed by atoms with Crippen LogP contribution >= 0.6 is 0 Å². The van der Waals surface area contributed by atoms with Gasteiger partial charge >= 0.3 is 0 Å². The lowest BCUT2D eigenvalue weighted by Crippen LogP contribution is -2.32. The van der Waals surface area contributed by atoms with Crippen molar-refractivity contribution in [3.63, 3.8) is 0 Å². The quantitative estimate of drug-likeness (QED) is 0.574. The number of nitrogens with zero attached hydrogens (tertiary/aromatic N) is 1. The van der Waals surface area contributed by atoms with Gasteiger partial charge in [0.05, 0.1) is 6.04 Å². The van der Waals surface area contributed by atoms with Crippen molar-refractivity contribution in [3.05, 3.63) is 107 Å². The van der Waals surface area contributed by atoms with Crippen LogP contribution in [0.25, 0.3) is 0 Å². The third kappa shape index (κ3) is 4.28. The summed E-state index contributed by atoms with van der Waals surface area (Å²) in [5, 5.41) is 0. The van der Waals surface area contributed by atoms with Gasteiger partial charge < -0.3 is 4.90 Å². The SMILES string of the molecule is CN(C(=O)c1ccc(C(C)(C)C)cc1)C(c1ccccc1)c1ccccc1. The number of carbonyl (C=O) groups excluding carboxylic acids is 1. The fourth-order valence-corrected chi connectivity index (χ4v) is 3.34. The van der Waals surface area contributed by atoms with Crippen LogP contribution < -0.4 is 0 Å². The minimum atomic E-state index is -0.123. The summed E-state index contributed by atoms with van der Waals surface area (Å²) in [6, 6.07) is 28.2. The Hall–Kier alpha value is -2.87. The topological polar surface area (TPSA) is 20.3 Å². The molecule has 3 aromatic rings. The number of rotatable bonds is 4. The Morgan fingerprint density at radius 1 is 0.741 bits per heavy atom. The maximum atomic E-state index is 13.2. The third-order valence-electron chi connectivity index (χ3n) is 4.94. The first-order chi connectivity index (χ1) is 12.9. The molecule has 0 fully saturated rings. The van der Waals surface area contributed by atoms with Gasteiger partial charge in [0.2, 0.25) is 0 Å². The van der Waals surface area contributed by atoms with E-state index in [1.165, 1.54) is 5.56 Å². The van der Waals surface area contributed by atoms with Crippen LogP contribution in [0.1, 0.15) is 53.9 Å². The molecule has 0 saturated carbocycles. The highest BCUT2D eigenvalue weighted by atomic mass is 16.2. The van der Waals surface area contributed by atoms with Crippen molar-refractivity contribution < 1.29 is 4.79 Å². The van der Waals surface area contributed by atoms with Gasteiger partial charge in [-0.05, 0) is 34.2 Å². The molecular formula is C25H27NO. The number of carbonyl (C=O) groups is 1. The zero-order valence-corrected chi connectivity index (χ0v) is 16.5. The minimum Gasteiger partial charge on any atom is -0.331 e. The zero-order valence-electron chi connectivity index (χ0n) is 16.5. The summed E-state index contributed by atoms with van der Waals surface area (Å²) >= 11 is 0. The second kappa shape index (κ2) is 7.79. The van der Waals surface area contributed by atoms with Crippen LogP contribution in [-0.2, 0) is 5.41 Å². The molecular weight excluding hydrogens is 330 g/mol. The maximum Gasteiger partial charge on any atom is 0.254 e. The van der Waals surface area contributed by atoms with Gasteiger partial charge in [-0.2, -0.15) is 0 Å². The van der Waals surface area contributed by atoms with Crippen molar-refractivity contribution in [1.82, 2.24) is 4.90 Å². The fourth-order valence-electron chi connectivity index (χ4n) is 3.34. The molecule has 3 aromatic carbocycles. The molecule has 2 nitrogen and oxygen atoms in total. The highest BCUT2D eigenvalue weighted by Gasteiger charge is 2.24. The zero-order chi connectivity index (χ0) is 19.4. The molecule has 0 N–H and O–H groups in total. The molecule has 0 aliphatic carbocycles. The predicted octanol–water partition coefficient (Wildman–Crippen LogP) is 5.85. The lowest BCUT2D eigenvalue weighted by molar-refractivity contribution is 0.0755. The normalized spacial score (nSPS) is 11.4. The molecule has 0 heterocycles. The van der Waals surface area contributed by atoms with Gasteiger partial charge in [-0.1, -0.05) is 93.6 Å². The Labute approximate surface area is 162 Å². The first kappa shape index (κ1) is 18.9. The Kier molecular flexibility index (Phi) is 5.46. The Balaban J connectivity index is 1.94. The van der Waals surface area contributed by atoms with Crippen LogP contribution in [0.15, 0.2) is 84.9 Å². The lowest BCUT2D eigenvalue weighted by atomic mass is 9.86. The van der Waals surface area contributed by atoms with Gasteiger partial charge in [0.1, 0.15) is 0 Å². The van der Waals surface area contributed by atoms with E-state index < -0.39 is 0 Å². The molecule has 0 atom stereocenters. The van der Waals surface area contributed by atoms with Crippen molar-refractivity contribution in [2.45, 2.75) is 32.2 Å². The number of benzene rings is 3. The van der Waals surface area contributed by atoms with E-state index in [-0.39, 0.29) is 17.4 Å². The van der Waals surface area contributed by atoms with Gasteiger partial charge in [-0.25, -0.2) is 0 Å². The standard InChI is InChI=1S/C25H27NO/c1-25(2,3)22-17-15-21(16-18-22)24(27)26(4)23(19-11-7-5-8-12-19)20-13-9-6-10-14-20/h5-18,23H,1-4H3. The maximum absolute atomic E-state index is 13.2. The molecule has 1 amide bonds. The average molecular weight is 357 g/mol. The molecule has 0 aromatic heterocycles. The molecule has 0 aliphatic heterocycles. The second-order valence-corrected chi connectivity index (χ2v) is 7.97. The third-order valence-corrected chi connectivity index (χ3v) is 4.94.